The molecule has 0 fully saturated rings. The maximum Gasteiger partial charge on any atom is 0.261 e. The average molecular weight is 467 g/mol. The van der Waals surface area contributed by atoms with E-state index in [1.807, 2.05) is 24.5 Å². The Kier molecular flexibility index (Phi) is 9.10. The Morgan fingerprint density at radius 1 is 1.22 bits per heavy atom. The first-order chi connectivity index (χ1) is 13.0. The number of thioether (sulfide) groups is 1. The van der Waals surface area contributed by atoms with E-state index in [0.717, 1.165) is 22.9 Å². The Bertz CT molecular complexity index is 782. The molecule has 0 heterocycles. The fourth-order valence-electron chi connectivity index (χ4n) is 2.27. The summed E-state index contributed by atoms with van der Waals surface area (Å²) in [5, 5.41) is 6.07. The zero-order valence-corrected chi connectivity index (χ0v) is 18.6. The molecule has 1 amide bonds. The van der Waals surface area contributed by atoms with Crippen molar-refractivity contribution in [3.8, 4) is 5.75 Å². The number of hydrogen-bond acceptors (Lipinski definition) is 4. The molecule has 0 atom stereocenters. The number of amides is 1. The number of rotatable bonds is 8. The van der Waals surface area contributed by atoms with Crippen LogP contribution in [0.25, 0.3) is 0 Å². The Morgan fingerprint density at radius 2 is 1.96 bits per heavy atom. The summed E-state index contributed by atoms with van der Waals surface area (Å²) in [7, 11) is 0. The van der Waals surface area contributed by atoms with Gasteiger partial charge in [0, 0.05) is 15.9 Å². The van der Waals surface area contributed by atoms with Gasteiger partial charge in [-0.1, -0.05) is 41.4 Å². The Morgan fingerprint density at radius 3 is 2.63 bits per heavy atom. The van der Waals surface area contributed by atoms with Crippen molar-refractivity contribution in [3.05, 3.63) is 58.1 Å². The molecular formula is C20H23BrN2O2S2. The van der Waals surface area contributed by atoms with Crippen LogP contribution >= 0.6 is 39.9 Å². The highest BCUT2D eigenvalue weighted by molar-refractivity contribution is 9.10. The van der Waals surface area contributed by atoms with E-state index >= 15 is 0 Å². The van der Waals surface area contributed by atoms with Gasteiger partial charge >= 0.3 is 0 Å². The molecule has 0 aliphatic rings. The quantitative estimate of drug-likeness (QED) is 0.319. The lowest BCUT2D eigenvalue weighted by Gasteiger charge is -2.13. The summed E-state index contributed by atoms with van der Waals surface area (Å²) in [6.45, 7) is 3.22. The van der Waals surface area contributed by atoms with Crippen LogP contribution < -0.4 is 15.4 Å². The largest absolute Gasteiger partial charge is 0.493 e. The van der Waals surface area contributed by atoms with Crippen LogP contribution in [0.2, 0.25) is 0 Å². The normalized spacial score (nSPS) is 10.3. The highest BCUT2D eigenvalue weighted by atomic mass is 79.9. The monoisotopic (exact) mass is 466 g/mol. The van der Waals surface area contributed by atoms with Crippen LogP contribution in [-0.2, 0) is 6.54 Å². The third kappa shape index (κ3) is 7.16. The van der Waals surface area contributed by atoms with Crippen molar-refractivity contribution in [2.45, 2.75) is 31.2 Å². The van der Waals surface area contributed by atoms with Gasteiger partial charge in [0.05, 0.1) is 12.2 Å². The molecule has 0 aromatic heterocycles. The lowest BCUT2D eigenvalue weighted by molar-refractivity contribution is 0.0972. The highest BCUT2D eigenvalue weighted by Crippen LogP contribution is 2.23. The number of unbranched alkanes of at least 4 members (excludes halogenated alkanes) is 1. The second-order valence-electron chi connectivity index (χ2n) is 5.83. The van der Waals surface area contributed by atoms with Crippen LogP contribution in [-0.4, -0.2) is 23.9 Å². The van der Waals surface area contributed by atoms with Crippen molar-refractivity contribution in [2.75, 3.05) is 12.9 Å². The van der Waals surface area contributed by atoms with Crippen molar-refractivity contribution in [1.29, 1.82) is 0 Å². The van der Waals surface area contributed by atoms with Crippen molar-refractivity contribution >= 4 is 50.9 Å². The average Bonchev–Trinajstić information content (AvgIpc) is 2.68. The molecule has 2 rings (SSSR count). The van der Waals surface area contributed by atoms with E-state index < -0.39 is 0 Å². The zero-order valence-electron chi connectivity index (χ0n) is 15.4. The summed E-state index contributed by atoms with van der Waals surface area (Å²) in [4.78, 5) is 13.8. The number of ether oxygens (including phenoxy) is 1. The Labute approximate surface area is 178 Å². The van der Waals surface area contributed by atoms with Gasteiger partial charge in [-0.15, -0.1) is 11.8 Å². The SMILES string of the molecule is CCCCOc1ccc(Br)cc1C(=O)NC(=S)NCc1ccc(SC)cc1. The predicted molar refractivity (Wildman–Crippen MR) is 120 cm³/mol. The van der Waals surface area contributed by atoms with E-state index in [1.54, 1.807) is 23.9 Å². The minimum absolute atomic E-state index is 0.286. The van der Waals surface area contributed by atoms with Gasteiger partial charge < -0.3 is 10.1 Å². The molecule has 4 nitrogen and oxygen atoms in total. The number of benzene rings is 2. The number of carbonyl (C=O) groups excluding carboxylic acids is 1. The Hall–Kier alpha value is -1.57. The second kappa shape index (κ2) is 11.3. The van der Waals surface area contributed by atoms with E-state index in [9.17, 15) is 4.79 Å². The van der Waals surface area contributed by atoms with Crippen molar-refractivity contribution in [2.24, 2.45) is 0 Å². The first-order valence-corrected chi connectivity index (χ1v) is 11.1. The first-order valence-electron chi connectivity index (χ1n) is 8.68. The molecule has 0 radical (unpaired) electrons. The Balaban J connectivity index is 1.94. The van der Waals surface area contributed by atoms with Gasteiger partial charge in [0.15, 0.2) is 5.11 Å². The first kappa shape index (κ1) is 21.7. The molecule has 2 N–H and O–H groups in total. The summed E-state index contributed by atoms with van der Waals surface area (Å²) >= 11 is 10.4. The third-order valence-electron chi connectivity index (χ3n) is 3.78. The topological polar surface area (TPSA) is 50.4 Å². The molecular weight excluding hydrogens is 444 g/mol. The molecule has 0 aliphatic heterocycles. The molecule has 2 aromatic carbocycles. The molecule has 0 unspecified atom stereocenters. The number of nitrogens with one attached hydrogen (secondary N) is 2. The van der Waals surface area contributed by atoms with Gasteiger partial charge in [-0.3, -0.25) is 10.1 Å². The molecule has 27 heavy (non-hydrogen) atoms. The molecule has 0 bridgehead atoms. The lowest BCUT2D eigenvalue weighted by atomic mass is 10.2. The van der Waals surface area contributed by atoms with Crippen LogP contribution in [0.1, 0.15) is 35.7 Å². The van der Waals surface area contributed by atoms with Gasteiger partial charge in [-0.2, -0.15) is 0 Å². The summed E-state index contributed by atoms with van der Waals surface area (Å²) in [5.41, 5.74) is 1.55. The van der Waals surface area contributed by atoms with E-state index in [0.29, 0.717) is 24.5 Å². The van der Waals surface area contributed by atoms with E-state index in [2.05, 4.69) is 45.6 Å². The maximum absolute atomic E-state index is 12.6. The van der Waals surface area contributed by atoms with Gasteiger partial charge in [0.25, 0.3) is 5.91 Å². The van der Waals surface area contributed by atoms with Crippen molar-refractivity contribution in [1.82, 2.24) is 10.6 Å². The molecule has 144 valence electrons. The standard InChI is InChI=1S/C20H23BrN2O2S2/c1-3-4-11-25-18-10-7-15(21)12-17(18)19(24)23-20(26)22-13-14-5-8-16(27-2)9-6-14/h5-10,12H,3-4,11,13H2,1-2H3,(H2,22,23,24,26). The minimum atomic E-state index is -0.293. The summed E-state index contributed by atoms with van der Waals surface area (Å²) in [6, 6.07) is 13.6. The predicted octanol–water partition coefficient (Wildman–Crippen LogP) is 5.15. The molecule has 0 saturated carbocycles. The van der Waals surface area contributed by atoms with Gasteiger partial charge in [-0.05, 0) is 60.8 Å². The van der Waals surface area contributed by atoms with Crippen LogP contribution in [0.15, 0.2) is 51.8 Å². The second-order valence-corrected chi connectivity index (χ2v) is 8.03. The van der Waals surface area contributed by atoms with E-state index in [1.165, 1.54) is 4.90 Å². The highest BCUT2D eigenvalue weighted by Gasteiger charge is 2.14. The maximum atomic E-state index is 12.6. The number of carbonyl (C=O) groups is 1. The fraction of sp³-hybridized carbons (Fsp3) is 0.300. The van der Waals surface area contributed by atoms with Crippen LogP contribution in [0, 0.1) is 0 Å². The zero-order chi connectivity index (χ0) is 19.6. The number of halogens is 1. The molecule has 0 saturated heterocycles. The molecule has 0 aliphatic carbocycles. The van der Waals surface area contributed by atoms with Gasteiger partial charge in [0.1, 0.15) is 5.75 Å². The van der Waals surface area contributed by atoms with Gasteiger partial charge in [0.2, 0.25) is 0 Å². The van der Waals surface area contributed by atoms with Crippen LogP contribution in [0.5, 0.6) is 5.75 Å². The summed E-state index contributed by atoms with van der Waals surface area (Å²) < 4.78 is 6.55. The number of hydrogen-bond donors (Lipinski definition) is 2. The smallest absolute Gasteiger partial charge is 0.261 e. The third-order valence-corrected chi connectivity index (χ3v) is 5.26. The fourth-order valence-corrected chi connectivity index (χ4v) is 3.21. The minimum Gasteiger partial charge on any atom is -0.493 e. The van der Waals surface area contributed by atoms with E-state index in [-0.39, 0.29) is 11.0 Å². The van der Waals surface area contributed by atoms with Crippen LogP contribution in [0.3, 0.4) is 0 Å². The summed E-state index contributed by atoms with van der Waals surface area (Å²) in [5.74, 6) is 0.262. The van der Waals surface area contributed by atoms with Crippen molar-refractivity contribution in [3.63, 3.8) is 0 Å². The number of thiocarbonyl (C=S) groups is 1. The van der Waals surface area contributed by atoms with Crippen LogP contribution in [0.4, 0.5) is 0 Å². The van der Waals surface area contributed by atoms with Crippen molar-refractivity contribution < 1.29 is 9.53 Å². The molecule has 7 heteroatoms. The molecule has 2 aromatic rings. The van der Waals surface area contributed by atoms with Gasteiger partial charge in [-0.25, -0.2) is 0 Å². The van der Waals surface area contributed by atoms with E-state index in [4.69, 9.17) is 17.0 Å². The lowest BCUT2D eigenvalue weighted by Crippen LogP contribution is -2.39. The summed E-state index contributed by atoms with van der Waals surface area (Å²) in [6.07, 6.45) is 4.01. The molecule has 0 spiro atoms.